The third-order valence-electron chi connectivity index (χ3n) is 2.83. The van der Waals surface area contributed by atoms with Crippen molar-refractivity contribution >= 4 is 18.3 Å². The fourth-order valence-electron chi connectivity index (χ4n) is 1.54. The van der Waals surface area contributed by atoms with Gasteiger partial charge in [0, 0.05) is 12.6 Å². The third kappa shape index (κ3) is 3.63. The second kappa shape index (κ2) is 6.30. The van der Waals surface area contributed by atoms with Crippen LogP contribution in [0.1, 0.15) is 20.8 Å². The summed E-state index contributed by atoms with van der Waals surface area (Å²) in [5, 5.41) is 0. The lowest BCUT2D eigenvalue weighted by molar-refractivity contribution is -0.143. The highest BCUT2D eigenvalue weighted by molar-refractivity contribution is 5.85. The Morgan fingerprint density at radius 1 is 1.53 bits per heavy atom. The molecule has 1 amide bonds. The summed E-state index contributed by atoms with van der Waals surface area (Å²) in [6.07, 6.45) is 0. The highest BCUT2D eigenvalue weighted by Crippen LogP contribution is 2.12. The van der Waals surface area contributed by atoms with Crippen LogP contribution in [0.15, 0.2) is 0 Å². The minimum Gasteiger partial charge on any atom is -0.377 e. The zero-order chi connectivity index (χ0) is 10.7. The van der Waals surface area contributed by atoms with Gasteiger partial charge < -0.3 is 15.4 Å². The first-order valence-electron chi connectivity index (χ1n) is 5.18. The van der Waals surface area contributed by atoms with E-state index in [1.807, 2.05) is 25.7 Å². The van der Waals surface area contributed by atoms with E-state index in [9.17, 15) is 4.79 Å². The molecule has 0 aromatic heterocycles. The molecule has 4 nitrogen and oxygen atoms in total. The molecule has 5 heteroatoms. The largest absolute Gasteiger partial charge is 0.377 e. The number of nitrogens with two attached hydrogens (primary N) is 1. The van der Waals surface area contributed by atoms with Crippen LogP contribution in [-0.4, -0.2) is 42.6 Å². The van der Waals surface area contributed by atoms with E-state index in [4.69, 9.17) is 10.5 Å². The fraction of sp³-hybridized carbons (Fsp3) is 0.900. The van der Waals surface area contributed by atoms with Crippen LogP contribution in [0.5, 0.6) is 0 Å². The van der Waals surface area contributed by atoms with Gasteiger partial charge in [-0.1, -0.05) is 6.92 Å². The Morgan fingerprint density at radius 3 is 2.60 bits per heavy atom. The van der Waals surface area contributed by atoms with Crippen molar-refractivity contribution in [3.8, 4) is 0 Å². The summed E-state index contributed by atoms with van der Waals surface area (Å²) in [5.74, 6) is 0.0475. The quantitative estimate of drug-likeness (QED) is 0.766. The third-order valence-corrected chi connectivity index (χ3v) is 2.83. The van der Waals surface area contributed by atoms with Crippen molar-refractivity contribution in [2.45, 2.75) is 32.9 Å². The Balaban J connectivity index is 0.00000196. The molecule has 0 aromatic carbocycles. The van der Waals surface area contributed by atoms with E-state index in [2.05, 4.69) is 0 Å². The smallest absolute Gasteiger partial charge is 0.227 e. The predicted octanol–water partition coefficient (Wildman–Crippen LogP) is 0.639. The van der Waals surface area contributed by atoms with Crippen LogP contribution in [0, 0.1) is 5.92 Å². The number of nitrogens with zero attached hydrogens (tertiary/aromatic N) is 1. The molecule has 2 N–H and O–H groups in total. The maximum Gasteiger partial charge on any atom is 0.227 e. The average molecular weight is 237 g/mol. The number of morpholine rings is 1. The number of amides is 1. The molecule has 90 valence electrons. The topological polar surface area (TPSA) is 55.6 Å². The van der Waals surface area contributed by atoms with Crippen LogP contribution in [-0.2, 0) is 9.53 Å². The second-order valence-corrected chi connectivity index (χ2v) is 4.10. The number of hydrogen-bond donors (Lipinski definition) is 1. The second-order valence-electron chi connectivity index (χ2n) is 4.10. The highest BCUT2D eigenvalue weighted by Gasteiger charge is 2.28. The molecule has 15 heavy (non-hydrogen) atoms. The van der Waals surface area contributed by atoms with Gasteiger partial charge in [0.2, 0.25) is 5.91 Å². The van der Waals surface area contributed by atoms with Gasteiger partial charge in [0.25, 0.3) is 0 Å². The summed E-state index contributed by atoms with van der Waals surface area (Å²) in [5.41, 5.74) is 5.71. The normalized spacial score (nSPS) is 25.3. The Bertz CT molecular complexity index is 212. The van der Waals surface area contributed by atoms with Crippen molar-refractivity contribution in [1.29, 1.82) is 0 Å². The lowest BCUT2D eigenvalue weighted by atomic mass is 10.0. The molecule has 0 aliphatic carbocycles. The van der Waals surface area contributed by atoms with Gasteiger partial charge in [0.15, 0.2) is 0 Å². The molecule has 0 saturated carbocycles. The zero-order valence-electron chi connectivity index (χ0n) is 9.60. The summed E-state index contributed by atoms with van der Waals surface area (Å²) in [6, 6.07) is 0.0926. The van der Waals surface area contributed by atoms with E-state index < -0.39 is 0 Å². The van der Waals surface area contributed by atoms with Gasteiger partial charge in [-0.2, -0.15) is 0 Å². The van der Waals surface area contributed by atoms with Gasteiger partial charge in [-0.15, -0.1) is 12.4 Å². The van der Waals surface area contributed by atoms with Crippen LogP contribution in [0.4, 0.5) is 0 Å². The lowest BCUT2D eigenvalue weighted by Crippen LogP contribution is -2.51. The summed E-state index contributed by atoms with van der Waals surface area (Å²) >= 11 is 0. The minimum absolute atomic E-state index is 0. The van der Waals surface area contributed by atoms with Crippen LogP contribution in [0.25, 0.3) is 0 Å². The molecule has 0 aromatic rings. The molecule has 1 heterocycles. The van der Waals surface area contributed by atoms with Crippen LogP contribution >= 0.6 is 12.4 Å². The van der Waals surface area contributed by atoms with Crippen LogP contribution in [0.3, 0.4) is 0 Å². The van der Waals surface area contributed by atoms with Gasteiger partial charge in [-0.3, -0.25) is 4.79 Å². The van der Waals surface area contributed by atoms with Gasteiger partial charge in [0.05, 0.1) is 25.2 Å². The lowest BCUT2D eigenvalue weighted by Gasteiger charge is -2.35. The number of hydrogen-bond acceptors (Lipinski definition) is 3. The Labute approximate surface area is 97.5 Å². The summed E-state index contributed by atoms with van der Waals surface area (Å²) in [7, 11) is 0. The molecule has 3 atom stereocenters. The number of ether oxygens (including phenoxy) is 1. The standard InChI is InChI=1S/C10H20N2O2.ClH/c1-7-6-14-5-4-12(7)10(13)8(2)9(3)11;/h7-9H,4-6,11H2,1-3H3;1H. The molecule has 1 aliphatic heterocycles. The summed E-state index contributed by atoms with van der Waals surface area (Å²) in [6.45, 7) is 7.73. The van der Waals surface area contributed by atoms with Gasteiger partial charge in [-0.05, 0) is 13.8 Å². The molecular weight excluding hydrogens is 216 g/mol. The van der Waals surface area contributed by atoms with Gasteiger partial charge in [-0.25, -0.2) is 0 Å². The van der Waals surface area contributed by atoms with E-state index in [-0.39, 0.29) is 36.3 Å². The Kier molecular flexibility index (Phi) is 6.17. The number of halogens is 1. The molecule has 1 fully saturated rings. The van der Waals surface area contributed by atoms with Crippen molar-refractivity contribution in [1.82, 2.24) is 4.90 Å². The van der Waals surface area contributed by atoms with Crippen LogP contribution in [0.2, 0.25) is 0 Å². The summed E-state index contributed by atoms with van der Waals surface area (Å²) in [4.78, 5) is 13.8. The minimum atomic E-state index is -0.101. The van der Waals surface area contributed by atoms with E-state index in [1.54, 1.807) is 0 Å². The van der Waals surface area contributed by atoms with Crippen molar-refractivity contribution in [3.05, 3.63) is 0 Å². The maximum atomic E-state index is 11.9. The Morgan fingerprint density at radius 2 is 2.13 bits per heavy atom. The first-order valence-corrected chi connectivity index (χ1v) is 5.18. The average Bonchev–Trinajstić information content (AvgIpc) is 2.16. The molecule has 1 aliphatic rings. The predicted molar refractivity (Wildman–Crippen MR) is 62.1 cm³/mol. The molecule has 0 radical (unpaired) electrons. The molecular formula is C10H21ClN2O2. The fourth-order valence-corrected chi connectivity index (χ4v) is 1.54. The maximum absolute atomic E-state index is 11.9. The zero-order valence-corrected chi connectivity index (χ0v) is 10.4. The van der Waals surface area contributed by atoms with Gasteiger partial charge in [0.1, 0.15) is 0 Å². The van der Waals surface area contributed by atoms with Crippen molar-refractivity contribution < 1.29 is 9.53 Å². The highest BCUT2D eigenvalue weighted by atomic mass is 35.5. The molecule has 3 unspecified atom stereocenters. The van der Waals surface area contributed by atoms with E-state index in [0.717, 1.165) is 0 Å². The van der Waals surface area contributed by atoms with Crippen LogP contribution < -0.4 is 5.73 Å². The van der Waals surface area contributed by atoms with E-state index in [0.29, 0.717) is 19.8 Å². The first-order chi connectivity index (χ1) is 6.54. The Hall–Kier alpha value is -0.320. The van der Waals surface area contributed by atoms with E-state index >= 15 is 0 Å². The molecule has 0 spiro atoms. The van der Waals surface area contributed by atoms with Crippen molar-refractivity contribution in [2.24, 2.45) is 11.7 Å². The monoisotopic (exact) mass is 236 g/mol. The van der Waals surface area contributed by atoms with E-state index in [1.165, 1.54) is 0 Å². The summed E-state index contributed by atoms with van der Waals surface area (Å²) < 4.78 is 5.28. The first kappa shape index (κ1) is 14.7. The van der Waals surface area contributed by atoms with Crippen molar-refractivity contribution in [2.75, 3.05) is 19.8 Å². The number of rotatable bonds is 2. The SMILES string of the molecule is CC(N)C(C)C(=O)N1CCOCC1C.Cl. The molecule has 0 bridgehead atoms. The number of carbonyl (C=O) groups is 1. The van der Waals surface area contributed by atoms with Gasteiger partial charge >= 0.3 is 0 Å². The number of carbonyl (C=O) groups excluding carboxylic acids is 1. The molecule has 1 rings (SSSR count). The van der Waals surface area contributed by atoms with Crippen molar-refractivity contribution in [3.63, 3.8) is 0 Å². The molecule has 1 saturated heterocycles.